The summed E-state index contributed by atoms with van der Waals surface area (Å²) in [7, 11) is 1.94. The van der Waals surface area contributed by atoms with E-state index in [1.165, 1.54) is 0 Å². The summed E-state index contributed by atoms with van der Waals surface area (Å²) in [6, 6.07) is 0. The summed E-state index contributed by atoms with van der Waals surface area (Å²) in [6.07, 6.45) is 0. The Morgan fingerprint density at radius 2 is 2.57 bits per heavy atom. The molecule has 0 atom stereocenters. The summed E-state index contributed by atoms with van der Waals surface area (Å²) in [4.78, 5) is 5.87. The van der Waals surface area contributed by atoms with Gasteiger partial charge in [0.2, 0.25) is 0 Å². The van der Waals surface area contributed by atoms with Gasteiger partial charge in [-0.2, -0.15) is 0 Å². The first kappa shape index (κ1) is 4.43. The highest BCUT2D eigenvalue weighted by molar-refractivity contribution is 5.79. The van der Waals surface area contributed by atoms with Crippen LogP contribution < -0.4 is 5.73 Å². The highest BCUT2D eigenvalue weighted by Gasteiger charge is 2.05. The first-order chi connectivity index (χ1) is 3.30. The largest absolute Gasteiger partial charge is 0.370 e. The normalized spacial score (nSPS) is 20.1. The lowest BCUT2D eigenvalue weighted by atomic mass is 10.6. The van der Waals surface area contributed by atoms with Crippen molar-refractivity contribution in [2.45, 2.75) is 0 Å². The predicted molar refractivity (Wildman–Crippen MR) is 29.1 cm³/mol. The molecule has 0 amide bonds. The standard InChI is InChI=1S/C4H9N3/c1-7-3-2-6-4(7)5/h2-3H2,1H3,(H2,5,6). The lowest BCUT2D eigenvalue weighted by Gasteiger charge is -2.06. The molecule has 0 aliphatic carbocycles. The van der Waals surface area contributed by atoms with Crippen molar-refractivity contribution < 1.29 is 0 Å². The SMILES string of the molecule is CN1CCN=C1N. The van der Waals surface area contributed by atoms with Crippen LogP contribution in [0.25, 0.3) is 0 Å². The van der Waals surface area contributed by atoms with Gasteiger partial charge in [-0.1, -0.05) is 0 Å². The number of aliphatic imine (C=N–C) groups is 1. The molecule has 0 aromatic rings. The number of likely N-dealkylation sites (N-methyl/N-ethyl adjacent to an activating group) is 1. The molecule has 3 nitrogen and oxygen atoms in total. The van der Waals surface area contributed by atoms with Crippen LogP contribution >= 0.6 is 0 Å². The minimum absolute atomic E-state index is 0.667. The van der Waals surface area contributed by atoms with E-state index in [9.17, 15) is 0 Å². The second-order valence-electron chi connectivity index (χ2n) is 1.66. The molecule has 0 saturated carbocycles. The Labute approximate surface area is 42.8 Å². The Hall–Kier alpha value is -0.730. The van der Waals surface area contributed by atoms with Crippen LogP contribution in [0.5, 0.6) is 0 Å². The Morgan fingerprint density at radius 3 is 2.71 bits per heavy atom. The maximum atomic E-state index is 5.35. The van der Waals surface area contributed by atoms with E-state index in [1.54, 1.807) is 0 Å². The molecule has 0 bridgehead atoms. The summed E-state index contributed by atoms with van der Waals surface area (Å²) in [6.45, 7) is 1.84. The Kier molecular flexibility index (Phi) is 0.889. The van der Waals surface area contributed by atoms with Crippen LogP contribution in [0.15, 0.2) is 4.99 Å². The van der Waals surface area contributed by atoms with Gasteiger partial charge in [-0.25, -0.2) is 0 Å². The number of hydrogen-bond acceptors (Lipinski definition) is 3. The smallest absolute Gasteiger partial charge is 0.191 e. The van der Waals surface area contributed by atoms with Crippen molar-refractivity contribution in [3.63, 3.8) is 0 Å². The van der Waals surface area contributed by atoms with Gasteiger partial charge in [-0.3, -0.25) is 4.99 Å². The Morgan fingerprint density at radius 1 is 1.86 bits per heavy atom. The molecule has 3 heteroatoms. The average Bonchev–Trinajstić information content (AvgIpc) is 1.91. The zero-order valence-corrected chi connectivity index (χ0v) is 4.39. The molecule has 0 fully saturated rings. The van der Waals surface area contributed by atoms with Crippen LogP contribution in [0.3, 0.4) is 0 Å². The summed E-state index contributed by atoms with van der Waals surface area (Å²) >= 11 is 0. The van der Waals surface area contributed by atoms with Crippen LogP contribution in [0.4, 0.5) is 0 Å². The molecule has 0 radical (unpaired) electrons. The van der Waals surface area contributed by atoms with Crippen molar-refractivity contribution in [3.8, 4) is 0 Å². The van der Waals surface area contributed by atoms with Gasteiger partial charge in [0.25, 0.3) is 0 Å². The number of hydrogen-bond donors (Lipinski definition) is 1. The van der Waals surface area contributed by atoms with Crippen molar-refractivity contribution >= 4 is 5.96 Å². The maximum absolute atomic E-state index is 5.35. The van der Waals surface area contributed by atoms with Gasteiger partial charge in [0.15, 0.2) is 5.96 Å². The molecular formula is C4H9N3. The van der Waals surface area contributed by atoms with E-state index in [0.717, 1.165) is 13.1 Å². The molecule has 1 rings (SSSR count). The monoisotopic (exact) mass is 99.1 g/mol. The first-order valence-electron chi connectivity index (χ1n) is 2.32. The fraction of sp³-hybridized carbons (Fsp3) is 0.750. The van der Waals surface area contributed by atoms with Gasteiger partial charge in [-0.05, 0) is 0 Å². The van der Waals surface area contributed by atoms with Crippen LogP contribution in [0.2, 0.25) is 0 Å². The highest BCUT2D eigenvalue weighted by atomic mass is 15.3. The zero-order valence-electron chi connectivity index (χ0n) is 4.39. The number of nitrogens with two attached hydrogens (primary N) is 1. The molecule has 0 aromatic carbocycles. The summed E-state index contributed by atoms with van der Waals surface area (Å²) in [5, 5.41) is 0. The molecule has 2 N–H and O–H groups in total. The minimum Gasteiger partial charge on any atom is -0.370 e. The Balaban J connectivity index is 2.54. The van der Waals surface area contributed by atoms with Gasteiger partial charge < -0.3 is 10.6 Å². The molecule has 7 heavy (non-hydrogen) atoms. The van der Waals surface area contributed by atoms with E-state index in [1.807, 2.05) is 11.9 Å². The second-order valence-corrected chi connectivity index (χ2v) is 1.66. The van der Waals surface area contributed by atoms with Crippen molar-refractivity contribution in [1.29, 1.82) is 0 Å². The average molecular weight is 99.1 g/mol. The molecule has 1 heterocycles. The van der Waals surface area contributed by atoms with E-state index >= 15 is 0 Å². The fourth-order valence-electron chi connectivity index (χ4n) is 0.550. The van der Waals surface area contributed by atoms with E-state index < -0.39 is 0 Å². The third kappa shape index (κ3) is 0.656. The van der Waals surface area contributed by atoms with Gasteiger partial charge in [0.1, 0.15) is 0 Å². The van der Waals surface area contributed by atoms with E-state index in [2.05, 4.69) is 4.99 Å². The summed E-state index contributed by atoms with van der Waals surface area (Å²) in [5.74, 6) is 0.667. The van der Waals surface area contributed by atoms with Crippen LogP contribution in [-0.2, 0) is 0 Å². The van der Waals surface area contributed by atoms with Gasteiger partial charge in [0.05, 0.1) is 6.54 Å². The molecule has 40 valence electrons. The van der Waals surface area contributed by atoms with Gasteiger partial charge in [0, 0.05) is 13.6 Å². The molecule has 1 aliphatic heterocycles. The summed E-state index contributed by atoms with van der Waals surface area (Å²) < 4.78 is 0. The van der Waals surface area contributed by atoms with Gasteiger partial charge >= 0.3 is 0 Å². The van der Waals surface area contributed by atoms with Crippen molar-refractivity contribution in [2.24, 2.45) is 10.7 Å². The van der Waals surface area contributed by atoms with E-state index in [-0.39, 0.29) is 0 Å². The number of nitrogens with zero attached hydrogens (tertiary/aromatic N) is 2. The van der Waals surface area contributed by atoms with Gasteiger partial charge in [-0.15, -0.1) is 0 Å². The minimum atomic E-state index is 0.667. The maximum Gasteiger partial charge on any atom is 0.191 e. The second kappa shape index (κ2) is 1.40. The zero-order chi connectivity index (χ0) is 5.28. The number of rotatable bonds is 0. The lowest BCUT2D eigenvalue weighted by molar-refractivity contribution is 0.551. The molecule has 0 saturated heterocycles. The number of guanidine groups is 1. The quantitative estimate of drug-likeness (QED) is 0.434. The molecular weight excluding hydrogens is 90.1 g/mol. The predicted octanol–water partition coefficient (Wildman–Crippen LogP) is -0.754. The third-order valence-electron chi connectivity index (χ3n) is 1.10. The topological polar surface area (TPSA) is 41.6 Å². The molecule has 0 aromatic heterocycles. The lowest BCUT2D eigenvalue weighted by Crippen LogP contribution is -2.29. The summed E-state index contributed by atoms with van der Waals surface area (Å²) in [5.41, 5.74) is 5.35. The fourth-order valence-corrected chi connectivity index (χ4v) is 0.550. The molecule has 0 unspecified atom stereocenters. The van der Waals surface area contributed by atoms with E-state index in [0.29, 0.717) is 5.96 Å². The molecule has 0 spiro atoms. The highest BCUT2D eigenvalue weighted by Crippen LogP contribution is 1.90. The van der Waals surface area contributed by atoms with Crippen LogP contribution in [0, 0.1) is 0 Å². The van der Waals surface area contributed by atoms with Crippen molar-refractivity contribution in [2.75, 3.05) is 20.1 Å². The first-order valence-corrected chi connectivity index (χ1v) is 2.32. The van der Waals surface area contributed by atoms with Crippen LogP contribution in [-0.4, -0.2) is 31.0 Å². The van der Waals surface area contributed by atoms with Crippen molar-refractivity contribution in [1.82, 2.24) is 4.90 Å². The molecule has 1 aliphatic rings. The van der Waals surface area contributed by atoms with Crippen LogP contribution in [0.1, 0.15) is 0 Å². The van der Waals surface area contributed by atoms with E-state index in [4.69, 9.17) is 5.73 Å². The third-order valence-corrected chi connectivity index (χ3v) is 1.10. The van der Waals surface area contributed by atoms with Crippen molar-refractivity contribution in [3.05, 3.63) is 0 Å². The Bertz CT molecular complexity index is 97.1.